The maximum absolute atomic E-state index is 13.6. The number of anilines is 1. The summed E-state index contributed by atoms with van der Waals surface area (Å²) >= 11 is 0. The summed E-state index contributed by atoms with van der Waals surface area (Å²) in [5, 5.41) is 5.88. The molecule has 36 heavy (non-hydrogen) atoms. The van der Waals surface area contributed by atoms with Crippen LogP contribution in [0.25, 0.3) is 22.6 Å². The van der Waals surface area contributed by atoms with Crippen LogP contribution in [0.4, 0.5) is 10.3 Å². The Balaban J connectivity index is 1.61. The Morgan fingerprint density at radius 2 is 1.97 bits per heavy atom. The number of rotatable bonds is 10. The van der Waals surface area contributed by atoms with Crippen molar-refractivity contribution >= 4 is 11.9 Å². The molecule has 3 aromatic rings. The third kappa shape index (κ3) is 5.85. The Morgan fingerprint density at radius 3 is 2.67 bits per heavy atom. The highest BCUT2D eigenvalue weighted by molar-refractivity contribution is 5.82. The minimum absolute atomic E-state index is 0.136. The minimum Gasteiger partial charge on any atom is -0.383 e. The van der Waals surface area contributed by atoms with Gasteiger partial charge < -0.3 is 35.6 Å². The fourth-order valence-corrected chi connectivity index (χ4v) is 3.65. The number of carbonyl (C=O) groups excluding carboxylic acids is 1. The van der Waals surface area contributed by atoms with Crippen LogP contribution in [0.1, 0.15) is 19.0 Å². The molecule has 0 aliphatic carbocycles. The summed E-state index contributed by atoms with van der Waals surface area (Å²) in [4.78, 5) is 29.3. The van der Waals surface area contributed by atoms with E-state index in [1.807, 2.05) is 0 Å². The molecular formula is C24H30FN7O4. The molecule has 1 aliphatic rings. The molecular weight excluding hydrogens is 469 g/mol. The molecule has 1 aliphatic heterocycles. The van der Waals surface area contributed by atoms with Gasteiger partial charge in [-0.25, -0.2) is 19.3 Å². The lowest BCUT2D eigenvalue weighted by atomic mass is 9.91. The van der Waals surface area contributed by atoms with Gasteiger partial charge in [0.25, 0.3) is 0 Å². The number of benzene rings is 1. The fourth-order valence-electron chi connectivity index (χ4n) is 3.65. The summed E-state index contributed by atoms with van der Waals surface area (Å²) in [6, 6.07) is 7.75. The van der Waals surface area contributed by atoms with E-state index < -0.39 is 11.7 Å². The minimum atomic E-state index is -0.851. The molecule has 3 heterocycles. The zero-order valence-corrected chi connectivity index (χ0v) is 20.2. The standard InChI is InChI=1S/C24H30FN7O4/c1-24(22(33)27-10-8-26)13-35-21(36-14-24)20-31-18(15-3-5-16(25)6-4-15)19(32-20)17-7-9-28-23(30-17)29-11-12-34-2/h3-7,9,21H,8,10-14,26H2,1-2H3,(H,27,33)(H,31,32)(H,28,29,30). The maximum Gasteiger partial charge on any atom is 0.230 e. The van der Waals surface area contributed by atoms with Gasteiger partial charge in [-0.2, -0.15) is 0 Å². The normalized spacial score (nSPS) is 19.7. The summed E-state index contributed by atoms with van der Waals surface area (Å²) in [6.07, 6.45) is 0.806. The molecule has 0 bridgehead atoms. The van der Waals surface area contributed by atoms with Crippen LogP contribution < -0.4 is 16.4 Å². The van der Waals surface area contributed by atoms with Gasteiger partial charge in [0.1, 0.15) is 5.82 Å². The number of nitrogens with one attached hydrogen (secondary N) is 3. The number of H-pyrrole nitrogens is 1. The molecule has 2 aromatic heterocycles. The lowest BCUT2D eigenvalue weighted by molar-refractivity contribution is -0.231. The SMILES string of the molecule is COCCNc1nccc(-c2[nH]c(C3OCC(C)(C(=O)NCCN)CO3)nc2-c2ccc(F)cc2)n1. The number of amides is 1. The van der Waals surface area contributed by atoms with Crippen molar-refractivity contribution in [2.75, 3.05) is 51.9 Å². The molecule has 0 unspecified atom stereocenters. The number of imidazole rings is 1. The predicted octanol–water partition coefficient (Wildman–Crippen LogP) is 1.86. The van der Waals surface area contributed by atoms with Crippen LogP contribution in [0, 0.1) is 11.2 Å². The Labute approximate surface area is 208 Å². The molecule has 0 spiro atoms. The lowest BCUT2D eigenvalue weighted by Gasteiger charge is -2.35. The number of hydrogen-bond acceptors (Lipinski definition) is 9. The van der Waals surface area contributed by atoms with Gasteiger partial charge in [-0.1, -0.05) is 0 Å². The summed E-state index contributed by atoms with van der Waals surface area (Å²) in [5.41, 5.74) is 7.03. The van der Waals surface area contributed by atoms with Crippen LogP contribution in [-0.4, -0.2) is 72.4 Å². The van der Waals surface area contributed by atoms with Gasteiger partial charge in [0.2, 0.25) is 18.1 Å². The molecule has 11 nitrogen and oxygen atoms in total. The van der Waals surface area contributed by atoms with Gasteiger partial charge in [0.05, 0.1) is 42.3 Å². The first-order valence-electron chi connectivity index (χ1n) is 11.6. The van der Waals surface area contributed by atoms with E-state index in [0.29, 0.717) is 60.7 Å². The summed E-state index contributed by atoms with van der Waals surface area (Å²) < 4.78 is 30.5. The second-order valence-electron chi connectivity index (χ2n) is 8.60. The van der Waals surface area contributed by atoms with Gasteiger partial charge >= 0.3 is 0 Å². The highest BCUT2D eigenvalue weighted by Gasteiger charge is 2.40. The molecule has 4 rings (SSSR count). The molecule has 1 saturated heterocycles. The number of methoxy groups -OCH3 is 1. The monoisotopic (exact) mass is 499 g/mol. The number of carbonyl (C=O) groups is 1. The van der Waals surface area contributed by atoms with Crippen LogP contribution in [0.5, 0.6) is 0 Å². The number of aromatic nitrogens is 4. The number of nitrogens with two attached hydrogens (primary N) is 1. The van der Waals surface area contributed by atoms with E-state index in [0.717, 1.165) is 0 Å². The van der Waals surface area contributed by atoms with E-state index in [2.05, 4.69) is 25.6 Å². The van der Waals surface area contributed by atoms with Crippen molar-refractivity contribution in [2.45, 2.75) is 13.2 Å². The number of ether oxygens (including phenoxy) is 3. The first kappa shape index (κ1) is 25.6. The number of aromatic amines is 1. The van der Waals surface area contributed by atoms with Crippen LogP contribution in [-0.2, 0) is 19.0 Å². The molecule has 5 N–H and O–H groups in total. The lowest BCUT2D eigenvalue weighted by Crippen LogP contribution is -2.49. The Hall–Kier alpha value is -3.45. The zero-order valence-electron chi connectivity index (χ0n) is 20.2. The van der Waals surface area contributed by atoms with E-state index in [1.165, 1.54) is 12.1 Å². The topological polar surface area (TPSA) is 149 Å². The van der Waals surface area contributed by atoms with Crippen LogP contribution in [0.3, 0.4) is 0 Å². The van der Waals surface area contributed by atoms with Crippen LogP contribution in [0.15, 0.2) is 36.5 Å². The van der Waals surface area contributed by atoms with E-state index in [9.17, 15) is 9.18 Å². The van der Waals surface area contributed by atoms with Gasteiger partial charge in [-0.3, -0.25) is 4.79 Å². The summed E-state index contributed by atoms with van der Waals surface area (Å²) in [7, 11) is 1.62. The Bertz CT molecular complexity index is 1160. The van der Waals surface area contributed by atoms with Crippen molar-refractivity contribution in [3.8, 4) is 22.6 Å². The van der Waals surface area contributed by atoms with E-state index >= 15 is 0 Å². The average molecular weight is 500 g/mol. The van der Waals surface area contributed by atoms with Crippen LogP contribution >= 0.6 is 0 Å². The van der Waals surface area contributed by atoms with Gasteiger partial charge in [0, 0.05) is 38.5 Å². The van der Waals surface area contributed by atoms with Crippen molar-refractivity contribution < 1.29 is 23.4 Å². The molecule has 1 fully saturated rings. The van der Waals surface area contributed by atoms with Crippen LogP contribution in [0.2, 0.25) is 0 Å². The Kier molecular flexibility index (Phi) is 8.21. The second kappa shape index (κ2) is 11.5. The molecule has 0 radical (unpaired) electrons. The van der Waals surface area contributed by atoms with Crippen molar-refractivity contribution in [1.82, 2.24) is 25.3 Å². The predicted molar refractivity (Wildman–Crippen MR) is 130 cm³/mol. The van der Waals surface area contributed by atoms with Crippen molar-refractivity contribution in [1.29, 1.82) is 0 Å². The highest BCUT2D eigenvalue weighted by atomic mass is 19.1. The third-order valence-corrected chi connectivity index (χ3v) is 5.65. The zero-order chi connectivity index (χ0) is 25.5. The van der Waals surface area contributed by atoms with E-state index in [1.54, 1.807) is 38.4 Å². The van der Waals surface area contributed by atoms with Crippen molar-refractivity contribution in [3.05, 3.63) is 48.2 Å². The van der Waals surface area contributed by atoms with Gasteiger partial charge in [0.15, 0.2) is 5.82 Å². The second-order valence-corrected chi connectivity index (χ2v) is 8.60. The first-order valence-corrected chi connectivity index (χ1v) is 11.6. The van der Waals surface area contributed by atoms with Crippen molar-refractivity contribution in [3.63, 3.8) is 0 Å². The quantitative estimate of drug-likeness (QED) is 0.307. The largest absolute Gasteiger partial charge is 0.383 e. The highest BCUT2D eigenvalue weighted by Crippen LogP contribution is 2.35. The molecule has 1 aromatic carbocycles. The number of halogens is 1. The van der Waals surface area contributed by atoms with Gasteiger partial charge in [-0.05, 0) is 37.3 Å². The fraction of sp³-hybridized carbons (Fsp3) is 0.417. The van der Waals surface area contributed by atoms with Gasteiger partial charge in [-0.15, -0.1) is 0 Å². The smallest absolute Gasteiger partial charge is 0.230 e. The third-order valence-electron chi connectivity index (χ3n) is 5.65. The number of hydrogen-bond donors (Lipinski definition) is 4. The van der Waals surface area contributed by atoms with E-state index in [4.69, 9.17) is 24.9 Å². The number of nitrogens with zero attached hydrogens (tertiary/aromatic N) is 3. The maximum atomic E-state index is 13.6. The molecule has 1 amide bonds. The Morgan fingerprint density at radius 1 is 1.22 bits per heavy atom. The summed E-state index contributed by atoms with van der Waals surface area (Å²) in [6.45, 7) is 3.81. The molecule has 0 atom stereocenters. The molecule has 12 heteroatoms. The van der Waals surface area contributed by atoms with Crippen molar-refractivity contribution in [2.24, 2.45) is 11.1 Å². The summed E-state index contributed by atoms with van der Waals surface area (Å²) in [5.74, 6) is 0.290. The average Bonchev–Trinajstić information content (AvgIpc) is 3.34. The first-order chi connectivity index (χ1) is 17.4. The molecule has 192 valence electrons. The van der Waals surface area contributed by atoms with E-state index in [-0.39, 0.29) is 24.9 Å². The molecule has 0 saturated carbocycles.